The van der Waals surface area contributed by atoms with Crippen LogP contribution in [-0.2, 0) is 14.3 Å². The average molecular weight is 619 g/mol. The highest BCUT2D eigenvalue weighted by Crippen LogP contribution is 2.60. The Morgan fingerprint density at radius 3 is 2.59 bits per heavy atom. The van der Waals surface area contributed by atoms with E-state index in [0.29, 0.717) is 17.9 Å². The van der Waals surface area contributed by atoms with Crippen LogP contribution in [0.4, 0.5) is 10.1 Å². The van der Waals surface area contributed by atoms with E-state index in [-0.39, 0.29) is 65.0 Å². The zero-order valence-electron chi connectivity index (χ0n) is 25.1. The molecule has 232 valence electrons. The number of rotatable bonds is 5. The van der Waals surface area contributed by atoms with Crippen LogP contribution in [0.15, 0.2) is 58.0 Å². The number of aliphatic hydroxyl groups excluding tert-OH is 2. The number of ether oxygens (including phenoxy) is 1. The molecule has 0 radical (unpaired) electrons. The summed E-state index contributed by atoms with van der Waals surface area (Å²) >= 11 is 1.12. The molecule has 3 N–H and O–H groups in total. The van der Waals surface area contributed by atoms with Crippen molar-refractivity contribution >= 4 is 28.5 Å². The molecular formula is C35H39FN2O5S. The molecule has 7 rings (SSSR count). The molecule has 3 fully saturated rings. The lowest BCUT2D eigenvalue weighted by molar-refractivity contribution is -0.155. The Bertz CT molecular complexity index is 1530. The molecule has 0 spiro atoms. The highest BCUT2D eigenvalue weighted by Gasteiger charge is 2.56. The minimum Gasteiger partial charge on any atom is -0.462 e. The summed E-state index contributed by atoms with van der Waals surface area (Å²) in [5, 5.41) is 22.8. The molecule has 0 bridgehead atoms. The first kappa shape index (κ1) is 29.6. The molecule has 1 aromatic carbocycles. The van der Waals surface area contributed by atoms with Crippen molar-refractivity contribution in [2.45, 2.75) is 71.0 Å². The van der Waals surface area contributed by atoms with E-state index in [2.05, 4.69) is 24.2 Å². The molecule has 1 heterocycles. The van der Waals surface area contributed by atoms with Gasteiger partial charge in [0.25, 0.3) is 0 Å². The van der Waals surface area contributed by atoms with E-state index in [9.17, 15) is 19.1 Å². The van der Waals surface area contributed by atoms with Crippen molar-refractivity contribution in [2.75, 3.05) is 17.4 Å². The second-order valence-corrected chi connectivity index (χ2v) is 14.1. The second-order valence-electron chi connectivity index (χ2n) is 13.1. The summed E-state index contributed by atoms with van der Waals surface area (Å²) in [5.41, 5.74) is 9.75. The molecule has 1 aromatic rings. The topological polar surface area (TPSA) is 99.1 Å². The van der Waals surface area contributed by atoms with E-state index < -0.39 is 6.10 Å². The zero-order chi connectivity index (χ0) is 30.7. The number of hydrazine groups is 1. The molecule has 0 amide bonds. The van der Waals surface area contributed by atoms with E-state index in [4.69, 9.17) is 9.84 Å². The Balaban J connectivity index is 1.28. The number of allylic oxidation sites excluding steroid dienone is 3. The number of fused-ring (bicyclic) bond motifs is 5. The summed E-state index contributed by atoms with van der Waals surface area (Å²) in [7, 11) is 0. The normalized spacial score (nSPS) is 32.3. The SMILES string of the molecule is CC1=C2C(=C(C(=O)SCC#CCO)C3=C(C2C)[C@@H]2[C@@H](CC3)[C@@H]3CCC(OC(=O)C4CC4)[C@H]3C[C@@H]2O)N(c2ccc(F)cc2)N1. The maximum absolute atomic E-state index is 14.1. The first-order chi connectivity index (χ1) is 21.3. The van der Waals surface area contributed by atoms with Crippen LogP contribution in [0.5, 0.6) is 0 Å². The van der Waals surface area contributed by atoms with Crippen molar-refractivity contribution in [1.29, 1.82) is 0 Å². The maximum Gasteiger partial charge on any atom is 0.309 e. The number of nitrogens with one attached hydrogen (secondary N) is 1. The highest BCUT2D eigenvalue weighted by molar-refractivity contribution is 8.14. The van der Waals surface area contributed by atoms with Crippen LogP contribution in [0, 0.1) is 53.2 Å². The summed E-state index contributed by atoms with van der Waals surface area (Å²) < 4.78 is 19.9. The molecule has 0 saturated heterocycles. The third kappa shape index (κ3) is 4.99. The molecule has 3 saturated carbocycles. The minimum absolute atomic E-state index is 0.0300. The Labute approximate surface area is 262 Å². The number of halogens is 1. The Kier molecular flexibility index (Phi) is 7.88. The lowest BCUT2D eigenvalue weighted by Gasteiger charge is -2.51. The molecule has 9 heteroatoms. The van der Waals surface area contributed by atoms with Crippen LogP contribution in [0.25, 0.3) is 0 Å². The third-order valence-electron chi connectivity index (χ3n) is 10.7. The van der Waals surface area contributed by atoms with Gasteiger partial charge in [-0.3, -0.25) is 20.0 Å². The number of nitrogens with zero attached hydrogens (tertiary/aromatic N) is 1. The molecule has 6 aliphatic rings. The van der Waals surface area contributed by atoms with Crippen LogP contribution in [0.1, 0.15) is 58.8 Å². The number of hydrogen-bond donors (Lipinski definition) is 3. The van der Waals surface area contributed by atoms with E-state index in [0.717, 1.165) is 84.1 Å². The van der Waals surface area contributed by atoms with Crippen LogP contribution < -0.4 is 10.4 Å². The molecular weight excluding hydrogens is 579 g/mol. The van der Waals surface area contributed by atoms with Gasteiger partial charge in [-0.2, -0.15) is 0 Å². The van der Waals surface area contributed by atoms with Crippen molar-refractivity contribution < 1.29 is 28.9 Å². The smallest absolute Gasteiger partial charge is 0.309 e. The van der Waals surface area contributed by atoms with E-state index in [1.54, 1.807) is 12.1 Å². The molecule has 1 aliphatic heterocycles. The van der Waals surface area contributed by atoms with Crippen molar-refractivity contribution in [1.82, 2.24) is 5.43 Å². The highest BCUT2D eigenvalue weighted by atomic mass is 32.2. The van der Waals surface area contributed by atoms with Gasteiger partial charge in [0, 0.05) is 29.0 Å². The number of hydrogen-bond acceptors (Lipinski definition) is 8. The fourth-order valence-corrected chi connectivity index (χ4v) is 9.52. The zero-order valence-corrected chi connectivity index (χ0v) is 26.0. The summed E-state index contributed by atoms with van der Waals surface area (Å²) in [6.45, 7) is 3.93. The molecule has 44 heavy (non-hydrogen) atoms. The number of thioether (sulfide) groups is 1. The number of esters is 1. The van der Waals surface area contributed by atoms with Crippen LogP contribution in [0.2, 0.25) is 0 Å². The summed E-state index contributed by atoms with van der Waals surface area (Å²) in [5.74, 6) is 6.12. The third-order valence-corrected chi connectivity index (χ3v) is 11.5. The van der Waals surface area contributed by atoms with Crippen molar-refractivity contribution in [3.8, 4) is 11.8 Å². The Morgan fingerprint density at radius 1 is 1.09 bits per heavy atom. The largest absolute Gasteiger partial charge is 0.462 e. The van der Waals surface area contributed by atoms with Gasteiger partial charge < -0.3 is 14.9 Å². The van der Waals surface area contributed by atoms with Crippen LogP contribution in [-0.4, -0.2) is 45.9 Å². The van der Waals surface area contributed by atoms with Crippen molar-refractivity contribution in [2.24, 2.45) is 35.5 Å². The van der Waals surface area contributed by atoms with Crippen molar-refractivity contribution in [3.05, 3.63) is 63.8 Å². The molecule has 7 atom stereocenters. The first-order valence-corrected chi connectivity index (χ1v) is 16.9. The van der Waals surface area contributed by atoms with Gasteiger partial charge in [-0.15, -0.1) is 0 Å². The van der Waals surface area contributed by atoms with Gasteiger partial charge in [0.2, 0.25) is 5.12 Å². The minimum atomic E-state index is -0.585. The van der Waals surface area contributed by atoms with E-state index in [1.165, 1.54) is 12.1 Å². The predicted octanol–water partition coefficient (Wildman–Crippen LogP) is 5.02. The van der Waals surface area contributed by atoms with Crippen LogP contribution >= 0.6 is 11.8 Å². The average Bonchev–Trinajstić information content (AvgIpc) is 3.72. The first-order valence-electron chi connectivity index (χ1n) is 15.9. The van der Waals surface area contributed by atoms with Gasteiger partial charge in [0.05, 0.1) is 34.7 Å². The fourth-order valence-electron chi connectivity index (χ4n) is 8.86. The molecule has 0 aromatic heterocycles. The second kappa shape index (κ2) is 11.7. The lowest BCUT2D eigenvalue weighted by atomic mass is 9.55. The van der Waals surface area contributed by atoms with Crippen LogP contribution in [0.3, 0.4) is 0 Å². The standard InChI is InChI=1S/C35H39FN2O5S/c1-18-29-19(2)37-38(22-9-7-21(36)8-10-22)33(29)32(35(42)44-16-4-3-15-39)25-12-11-24-23-13-14-28(43-34(41)20-5-6-20)26(23)17-27(40)31(24)30(18)25/h7-10,18,20,23-24,26-28,31,37,39-40H,5-6,11-17H2,1-2H3/t18?,23-,24-,26-,27-,28?,31+/m0/s1. The van der Waals surface area contributed by atoms with Crippen molar-refractivity contribution in [3.63, 3.8) is 0 Å². The van der Waals surface area contributed by atoms with E-state index in [1.807, 2.05) is 11.9 Å². The fraction of sp³-hybridized carbons (Fsp3) is 0.543. The van der Waals surface area contributed by atoms with E-state index >= 15 is 0 Å². The molecule has 2 unspecified atom stereocenters. The predicted molar refractivity (Wildman–Crippen MR) is 166 cm³/mol. The number of carbonyl (C=O) groups excluding carboxylic acids is 2. The maximum atomic E-state index is 14.1. The van der Waals surface area contributed by atoms with Gasteiger partial charge in [-0.25, -0.2) is 4.39 Å². The Hall–Kier alpha value is -3.06. The van der Waals surface area contributed by atoms with Gasteiger partial charge in [0.1, 0.15) is 18.5 Å². The molecule has 7 nitrogen and oxygen atoms in total. The molecule has 5 aliphatic carbocycles. The summed E-state index contributed by atoms with van der Waals surface area (Å²) in [6.07, 6.45) is 5.17. The van der Waals surface area contributed by atoms with Gasteiger partial charge in [-0.1, -0.05) is 36.1 Å². The summed E-state index contributed by atoms with van der Waals surface area (Å²) in [4.78, 5) is 26.7. The number of anilines is 1. The monoisotopic (exact) mass is 618 g/mol. The quantitative estimate of drug-likeness (QED) is 0.313. The summed E-state index contributed by atoms with van der Waals surface area (Å²) in [6, 6.07) is 6.24. The van der Waals surface area contributed by atoms with Gasteiger partial charge >= 0.3 is 5.97 Å². The van der Waals surface area contributed by atoms with Gasteiger partial charge in [0.15, 0.2) is 0 Å². The number of benzene rings is 1. The van der Waals surface area contributed by atoms with Gasteiger partial charge in [-0.05, 0) is 93.5 Å². The Morgan fingerprint density at radius 2 is 1.86 bits per heavy atom. The number of carbonyl (C=O) groups is 2. The number of aliphatic hydroxyl groups is 2. The lowest BCUT2D eigenvalue weighted by Crippen LogP contribution is -2.48.